The number of hydrogen-bond acceptors (Lipinski definition) is 2. The Morgan fingerprint density at radius 1 is 1.57 bits per heavy atom. The van der Waals surface area contributed by atoms with Crippen molar-refractivity contribution in [3.63, 3.8) is 0 Å². The zero-order valence-electron chi connectivity index (χ0n) is 7.88. The molecule has 0 spiro atoms. The van der Waals surface area contributed by atoms with Crippen molar-refractivity contribution >= 4 is 5.91 Å². The summed E-state index contributed by atoms with van der Waals surface area (Å²) >= 11 is 0. The van der Waals surface area contributed by atoms with Crippen molar-refractivity contribution in [1.82, 2.24) is 5.32 Å². The fraction of sp³-hybridized carbons (Fsp3) is 0.300. The van der Waals surface area contributed by atoms with E-state index in [0.717, 1.165) is 5.56 Å². The highest BCUT2D eigenvalue weighted by Crippen LogP contribution is 2.10. The molecule has 1 amide bonds. The molecular formula is C10H12FNO2. The van der Waals surface area contributed by atoms with Crippen LogP contribution in [0.4, 0.5) is 4.39 Å². The second-order valence-corrected chi connectivity index (χ2v) is 2.99. The predicted octanol–water partition coefficient (Wildman–Crippen LogP) is 0.954. The smallest absolute Gasteiger partial charge is 0.217 e. The maximum Gasteiger partial charge on any atom is 0.217 e. The van der Waals surface area contributed by atoms with Gasteiger partial charge in [0.15, 0.2) is 0 Å². The number of carbonyl (C=O) groups excluding carboxylic acids is 1. The van der Waals surface area contributed by atoms with Crippen molar-refractivity contribution in [1.29, 1.82) is 0 Å². The first-order chi connectivity index (χ1) is 6.63. The van der Waals surface area contributed by atoms with Crippen LogP contribution in [0.5, 0.6) is 0 Å². The first kappa shape index (κ1) is 10.7. The average molecular weight is 197 g/mol. The second-order valence-electron chi connectivity index (χ2n) is 2.99. The SMILES string of the molecule is CC(=O)NCc1ccc(F)c(CO)c1. The Bertz CT molecular complexity index is 339. The molecule has 0 radical (unpaired) electrons. The lowest BCUT2D eigenvalue weighted by atomic mass is 10.1. The van der Waals surface area contributed by atoms with Crippen molar-refractivity contribution in [2.24, 2.45) is 0 Å². The minimum absolute atomic E-state index is 0.139. The van der Waals surface area contributed by atoms with E-state index in [1.807, 2.05) is 0 Å². The van der Waals surface area contributed by atoms with Crippen molar-refractivity contribution in [2.45, 2.75) is 20.1 Å². The molecule has 1 rings (SSSR count). The van der Waals surface area contributed by atoms with Crippen molar-refractivity contribution in [3.8, 4) is 0 Å². The lowest BCUT2D eigenvalue weighted by molar-refractivity contribution is -0.119. The summed E-state index contributed by atoms with van der Waals surface area (Å²) in [6, 6.07) is 4.39. The van der Waals surface area contributed by atoms with Gasteiger partial charge in [-0.05, 0) is 17.7 Å². The molecule has 3 nitrogen and oxygen atoms in total. The van der Waals surface area contributed by atoms with Crippen LogP contribution in [0.25, 0.3) is 0 Å². The molecule has 0 fully saturated rings. The lowest BCUT2D eigenvalue weighted by Crippen LogP contribution is -2.19. The zero-order valence-corrected chi connectivity index (χ0v) is 7.88. The van der Waals surface area contributed by atoms with Crippen LogP contribution in [-0.2, 0) is 17.9 Å². The number of benzene rings is 1. The summed E-state index contributed by atoms with van der Waals surface area (Å²) in [5, 5.41) is 11.4. The van der Waals surface area contributed by atoms with Crippen LogP contribution in [-0.4, -0.2) is 11.0 Å². The van der Waals surface area contributed by atoms with E-state index in [-0.39, 0.29) is 18.1 Å². The predicted molar refractivity (Wildman–Crippen MR) is 49.8 cm³/mol. The van der Waals surface area contributed by atoms with E-state index in [1.54, 1.807) is 6.07 Å². The molecule has 1 aromatic carbocycles. The first-order valence-corrected chi connectivity index (χ1v) is 4.26. The van der Waals surface area contributed by atoms with E-state index in [2.05, 4.69) is 5.32 Å². The third-order valence-electron chi connectivity index (χ3n) is 1.82. The van der Waals surface area contributed by atoms with E-state index in [9.17, 15) is 9.18 Å². The van der Waals surface area contributed by atoms with Gasteiger partial charge < -0.3 is 10.4 Å². The van der Waals surface area contributed by atoms with Crippen molar-refractivity contribution in [2.75, 3.05) is 0 Å². The Morgan fingerprint density at radius 2 is 2.29 bits per heavy atom. The molecule has 0 aliphatic heterocycles. The monoisotopic (exact) mass is 197 g/mol. The molecule has 14 heavy (non-hydrogen) atoms. The Kier molecular flexibility index (Phi) is 3.59. The van der Waals surface area contributed by atoms with E-state index in [1.165, 1.54) is 19.1 Å². The molecule has 4 heteroatoms. The zero-order chi connectivity index (χ0) is 10.6. The van der Waals surface area contributed by atoms with Gasteiger partial charge in [-0.25, -0.2) is 4.39 Å². The van der Waals surface area contributed by atoms with Crippen LogP contribution in [0.3, 0.4) is 0 Å². The molecule has 1 aromatic rings. The van der Waals surface area contributed by atoms with Gasteiger partial charge in [-0.3, -0.25) is 4.79 Å². The summed E-state index contributed by atoms with van der Waals surface area (Å²) in [4.78, 5) is 10.6. The molecule has 0 atom stereocenters. The summed E-state index contributed by atoms with van der Waals surface area (Å²) in [5.41, 5.74) is 1.01. The highest BCUT2D eigenvalue weighted by Gasteiger charge is 2.02. The summed E-state index contributed by atoms with van der Waals surface area (Å²) in [6.45, 7) is 1.43. The van der Waals surface area contributed by atoms with Crippen LogP contribution in [0.1, 0.15) is 18.1 Å². The van der Waals surface area contributed by atoms with Gasteiger partial charge in [-0.15, -0.1) is 0 Å². The van der Waals surface area contributed by atoms with Gasteiger partial charge in [0.25, 0.3) is 0 Å². The minimum Gasteiger partial charge on any atom is -0.392 e. The molecule has 0 aliphatic rings. The Balaban J connectivity index is 2.74. The number of amides is 1. The first-order valence-electron chi connectivity index (χ1n) is 4.26. The van der Waals surface area contributed by atoms with E-state index < -0.39 is 5.82 Å². The van der Waals surface area contributed by atoms with E-state index >= 15 is 0 Å². The Hall–Kier alpha value is -1.42. The molecule has 0 bridgehead atoms. The van der Waals surface area contributed by atoms with Crippen LogP contribution in [0.2, 0.25) is 0 Å². The van der Waals surface area contributed by atoms with Crippen molar-refractivity contribution in [3.05, 3.63) is 35.1 Å². The number of hydrogen-bond donors (Lipinski definition) is 2. The fourth-order valence-electron chi connectivity index (χ4n) is 1.09. The topological polar surface area (TPSA) is 49.3 Å². The molecular weight excluding hydrogens is 185 g/mol. The van der Waals surface area contributed by atoms with Crippen LogP contribution >= 0.6 is 0 Å². The van der Waals surface area contributed by atoms with Crippen LogP contribution in [0, 0.1) is 5.82 Å². The molecule has 0 heterocycles. The van der Waals surface area contributed by atoms with Gasteiger partial charge in [0.1, 0.15) is 5.82 Å². The molecule has 0 aromatic heterocycles. The maximum atomic E-state index is 12.9. The third kappa shape index (κ3) is 2.81. The number of halogens is 1. The molecule has 2 N–H and O–H groups in total. The number of aliphatic hydroxyl groups excluding tert-OH is 1. The summed E-state index contributed by atoms with van der Waals surface area (Å²) < 4.78 is 12.9. The number of aliphatic hydroxyl groups is 1. The molecule has 76 valence electrons. The normalized spacial score (nSPS) is 9.93. The Labute approximate surface area is 81.6 Å². The molecule has 0 saturated heterocycles. The summed E-state index contributed by atoms with van der Waals surface area (Å²) in [5.74, 6) is -0.570. The summed E-state index contributed by atoms with van der Waals surface area (Å²) in [6.07, 6.45) is 0. The fourth-order valence-corrected chi connectivity index (χ4v) is 1.09. The average Bonchev–Trinajstić information content (AvgIpc) is 2.16. The van der Waals surface area contributed by atoms with Gasteiger partial charge in [-0.1, -0.05) is 6.07 Å². The largest absolute Gasteiger partial charge is 0.392 e. The standard InChI is InChI=1S/C10H12FNO2/c1-7(14)12-5-8-2-3-10(11)9(4-8)6-13/h2-4,13H,5-6H2,1H3,(H,12,14). The minimum atomic E-state index is -0.431. The molecule has 0 saturated carbocycles. The van der Waals surface area contributed by atoms with Crippen molar-refractivity contribution < 1.29 is 14.3 Å². The number of carbonyl (C=O) groups is 1. The second kappa shape index (κ2) is 4.72. The number of rotatable bonds is 3. The highest BCUT2D eigenvalue weighted by molar-refractivity contribution is 5.72. The summed E-state index contributed by atoms with van der Waals surface area (Å²) in [7, 11) is 0. The van der Waals surface area contributed by atoms with Gasteiger partial charge in [-0.2, -0.15) is 0 Å². The van der Waals surface area contributed by atoms with Crippen LogP contribution in [0.15, 0.2) is 18.2 Å². The van der Waals surface area contributed by atoms with Gasteiger partial charge in [0.05, 0.1) is 6.61 Å². The van der Waals surface area contributed by atoms with Crippen LogP contribution < -0.4 is 5.32 Å². The lowest BCUT2D eigenvalue weighted by Gasteiger charge is -2.05. The van der Waals surface area contributed by atoms with Gasteiger partial charge in [0.2, 0.25) is 5.91 Å². The third-order valence-corrected chi connectivity index (χ3v) is 1.82. The van der Waals surface area contributed by atoms with E-state index in [0.29, 0.717) is 6.54 Å². The highest BCUT2D eigenvalue weighted by atomic mass is 19.1. The molecule has 0 aliphatic carbocycles. The maximum absolute atomic E-state index is 12.9. The van der Waals surface area contributed by atoms with Gasteiger partial charge in [0, 0.05) is 19.0 Å². The van der Waals surface area contributed by atoms with E-state index in [4.69, 9.17) is 5.11 Å². The van der Waals surface area contributed by atoms with Gasteiger partial charge >= 0.3 is 0 Å². The number of nitrogens with one attached hydrogen (secondary N) is 1. The molecule has 0 unspecified atom stereocenters. The Morgan fingerprint density at radius 3 is 2.86 bits per heavy atom. The quantitative estimate of drug-likeness (QED) is 0.758.